The fraction of sp³-hybridized carbons (Fsp3) is 0.111. The van der Waals surface area contributed by atoms with Crippen molar-refractivity contribution in [1.82, 2.24) is 0 Å². The molecule has 98 valence electrons. The molecular weight excluding hydrogens is 481 g/mol. The number of halogens is 5. The van der Waals surface area contributed by atoms with E-state index in [9.17, 15) is 22.8 Å². The standard InChI is InChI=1S/C9H4F3I2NO3/c10-9(11,12)8(18)15-6-4(13)1-3(7(16)17)2-5(6)14/h1-2H,(H,15,18)(H,16,17). The summed E-state index contributed by atoms with van der Waals surface area (Å²) in [6.45, 7) is 0. The summed E-state index contributed by atoms with van der Waals surface area (Å²) in [5.74, 6) is -3.29. The number of carbonyl (C=O) groups excluding carboxylic acids is 1. The molecule has 0 aliphatic rings. The van der Waals surface area contributed by atoms with Crippen LogP contribution in [0.1, 0.15) is 10.4 Å². The third-order valence-corrected chi connectivity index (χ3v) is 3.49. The van der Waals surface area contributed by atoms with E-state index >= 15 is 0 Å². The minimum absolute atomic E-state index is 0.0523. The van der Waals surface area contributed by atoms with Gasteiger partial charge in [0.25, 0.3) is 0 Å². The average Bonchev–Trinajstić information content (AvgIpc) is 2.21. The number of aromatic carboxylic acids is 1. The molecule has 0 heterocycles. The van der Waals surface area contributed by atoms with E-state index in [1.807, 2.05) is 0 Å². The molecule has 0 aliphatic carbocycles. The number of carboxylic acids is 1. The van der Waals surface area contributed by atoms with Gasteiger partial charge in [0.15, 0.2) is 0 Å². The van der Waals surface area contributed by atoms with Gasteiger partial charge >= 0.3 is 18.1 Å². The van der Waals surface area contributed by atoms with Crippen LogP contribution >= 0.6 is 45.2 Å². The van der Waals surface area contributed by atoms with Crippen LogP contribution in [0.25, 0.3) is 0 Å². The maximum Gasteiger partial charge on any atom is 0.471 e. The quantitative estimate of drug-likeness (QED) is 0.634. The van der Waals surface area contributed by atoms with Crippen molar-refractivity contribution in [3.05, 3.63) is 24.8 Å². The maximum absolute atomic E-state index is 12.1. The number of amides is 1. The lowest BCUT2D eigenvalue weighted by molar-refractivity contribution is -0.167. The molecule has 0 saturated heterocycles. The van der Waals surface area contributed by atoms with Crippen molar-refractivity contribution >= 4 is 62.7 Å². The highest BCUT2D eigenvalue weighted by Crippen LogP contribution is 2.28. The molecule has 0 saturated carbocycles. The van der Waals surface area contributed by atoms with E-state index < -0.39 is 18.1 Å². The number of hydrogen-bond donors (Lipinski definition) is 2. The molecule has 2 N–H and O–H groups in total. The fourth-order valence-corrected chi connectivity index (χ4v) is 3.04. The Bertz CT molecular complexity index is 493. The van der Waals surface area contributed by atoms with E-state index in [2.05, 4.69) is 0 Å². The minimum Gasteiger partial charge on any atom is -0.478 e. The van der Waals surface area contributed by atoms with Gasteiger partial charge in [0.1, 0.15) is 0 Å². The average molecular weight is 485 g/mol. The SMILES string of the molecule is O=C(O)c1cc(I)c(NC(=O)C(F)(F)F)c(I)c1. The number of nitrogens with one attached hydrogen (secondary N) is 1. The normalized spacial score (nSPS) is 11.2. The topological polar surface area (TPSA) is 66.4 Å². The van der Waals surface area contributed by atoms with Gasteiger partial charge in [-0.3, -0.25) is 4.79 Å². The van der Waals surface area contributed by atoms with E-state index in [0.717, 1.165) is 0 Å². The summed E-state index contributed by atoms with van der Waals surface area (Å²) in [5, 5.41) is 10.5. The van der Waals surface area contributed by atoms with Gasteiger partial charge in [-0.05, 0) is 57.3 Å². The molecule has 0 unspecified atom stereocenters. The number of alkyl halides is 3. The van der Waals surface area contributed by atoms with E-state index in [4.69, 9.17) is 5.11 Å². The lowest BCUT2D eigenvalue weighted by Crippen LogP contribution is -2.30. The smallest absolute Gasteiger partial charge is 0.471 e. The zero-order valence-corrected chi connectivity index (χ0v) is 12.6. The fourth-order valence-electron chi connectivity index (χ4n) is 1.00. The van der Waals surface area contributed by atoms with Crippen LogP contribution in [0.15, 0.2) is 12.1 Å². The Morgan fingerprint density at radius 2 is 1.61 bits per heavy atom. The van der Waals surface area contributed by atoms with Gasteiger partial charge < -0.3 is 10.4 Å². The first-order valence-corrected chi connectivity index (χ1v) is 6.39. The predicted molar refractivity (Wildman–Crippen MR) is 73.5 cm³/mol. The van der Waals surface area contributed by atoms with Gasteiger partial charge in [-0.2, -0.15) is 13.2 Å². The second kappa shape index (κ2) is 5.59. The van der Waals surface area contributed by atoms with Crippen molar-refractivity contribution < 1.29 is 27.9 Å². The van der Waals surface area contributed by atoms with E-state index in [0.29, 0.717) is 0 Å². The molecule has 0 radical (unpaired) electrons. The van der Waals surface area contributed by atoms with Crippen LogP contribution in [0.2, 0.25) is 0 Å². The van der Waals surface area contributed by atoms with Crippen LogP contribution in [0, 0.1) is 7.14 Å². The second-order valence-electron chi connectivity index (χ2n) is 3.07. The van der Waals surface area contributed by atoms with Crippen LogP contribution in [-0.4, -0.2) is 23.2 Å². The Morgan fingerprint density at radius 3 is 1.94 bits per heavy atom. The van der Waals surface area contributed by atoms with E-state index in [1.54, 1.807) is 50.5 Å². The maximum atomic E-state index is 12.1. The van der Waals surface area contributed by atoms with Gasteiger partial charge in [0.2, 0.25) is 0 Å². The first-order valence-electron chi connectivity index (χ1n) is 4.23. The highest BCUT2D eigenvalue weighted by atomic mass is 127. The number of benzene rings is 1. The third-order valence-electron chi connectivity index (χ3n) is 1.79. The number of anilines is 1. The summed E-state index contributed by atoms with van der Waals surface area (Å²) in [6, 6.07) is 2.36. The molecule has 9 heteroatoms. The van der Waals surface area contributed by atoms with E-state index in [1.165, 1.54) is 12.1 Å². The number of rotatable bonds is 2. The third kappa shape index (κ3) is 3.70. The molecule has 0 bridgehead atoms. The van der Waals surface area contributed by atoms with Crippen molar-refractivity contribution in [1.29, 1.82) is 0 Å². The van der Waals surface area contributed by atoms with Crippen molar-refractivity contribution in [2.45, 2.75) is 6.18 Å². The highest BCUT2D eigenvalue weighted by molar-refractivity contribution is 14.1. The molecule has 0 spiro atoms. The Kier molecular flexibility index (Phi) is 4.80. The zero-order chi connectivity index (χ0) is 14.1. The Balaban J connectivity index is 3.12. The summed E-state index contributed by atoms with van der Waals surface area (Å²) in [4.78, 5) is 21.5. The molecule has 1 aromatic carbocycles. The summed E-state index contributed by atoms with van der Waals surface area (Å²) >= 11 is 3.31. The number of carbonyl (C=O) groups is 2. The van der Waals surface area contributed by atoms with Gasteiger partial charge in [0.05, 0.1) is 11.3 Å². The highest BCUT2D eigenvalue weighted by Gasteiger charge is 2.39. The molecule has 4 nitrogen and oxygen atoms in total. The summed E-state index contributed by atoms with van der Waals surface area (Å²) in [6.07, 6.45) is -4.99. The molecule has 0 aliphatic heterocycles. The monoisotopic (exact) mass is 485 g/mol. The van der Waals surface area contributed by atoms with Crippen LogP contribution in [0.5, 0.6) is 0 Å². The van der Waals surface area contributed by atoms with Crippen LogP contribution in [0.3, 0.4) is 0 Å². The van der Waals surface area contributed by atoms with Gasteiger partial charge in [0, 0.05) is 7.14 Å². The molecule has 0 fully saturated rings. The van der Waals surface area contributed by atoms with Gasteiger partial charge in [-0.1, -0.05) is 0 Å². The van der Waals surface area contributed by atoms with Crippen molar-refractivity contribution in [2.24, 2.45) is 0 Å². The van der Waals surface area contributed by atoms with Crippen molar-refractivity contribution in [3.8, 4) is 0 Å². The van der Waals surface area contributed by atoms with Gasteiger partial charge in [-0.15, -0.1) is 0 Å². The molecule has 0 aromatic heterocycles. The van der Waals surface area contributed by atoms with Crippen molar-refractivity contribution in [2.75, 3.05) is 5.32 Å². The minimum atomic E-state index is -4.99. The summed E-state index contributed by atoms with van der Waals surface area (Å²) in [5.41, 5.74) is -0.114. The summed E-state index contributed by atoms with van der Waals surface area (Å²) < 4.78 is 36.7. The van der Waals surface area contributed by atoms with Crippen molar-refractivity contribution in [3.63, 3.8) is 0 Å². The predicted octanol–water partition coefficient (Wildman–Crippen LogP) is 3.09. The summed E-state index contributed by atoms with van der Waals surface area (Å²) in [7, 11) is 0. The van der Waals surface area contributed by atoms with Gasteiger partial charge in [-0.25, -0.2) is 4.79 Å². The zero-order valence-electron chi connectivity index (χ0n) is 8.31. The molecular formula is C9H4F3I2NO3. The lowest BCUT2D eigenvalue weighted by Gasteiger charge is -2.12. The molecule has 18 heavy (non-hydrogen) atoms. The first-order chi connectivity index (χ1) is 8.12. The largest absolute Gasteiger partial charge is 0.478 e. The second-order valence-corrected chi connectivity index (χ2v) is 5.40. The van der Waals surface area contributed by atoms with Crippen LogP contribution in [-0.2, 0) is 4.79 Å². The lowest BCUT2D eigenvalue weighted by atomic mass is 10.2. The Labute approximate surface area is 126 Å². The number of carboxylic acid groups (broad SMARTS) is 1. The Morgan fingerprint density at radius 1 is 1.17 bits per heavy atom. The van der Waals surface area contributed by atoms with Crippen LogP contribution in [0.4, 0.5) is 18.9 Å². The molecule has 1 amide bonds. The first kappa shape index (κ1) is 15.5. The number of hydrogen-bond acceptors (Lipinski definition) is 2. The molecule has 1 rings (SSSR count). The Hall–Kier alpha value is -0.590. The van der Waals surface area contributed by atoms with E-state index in [-0.39, 0.29) is 18.4 Å². The molecule has 1 aromatic rings. The van der Waals surface area contributed by atoms with Crippen LogP contribution < -0.4 is 5.32 Å². The molecule has 0 atom stereocenters.